The summed E-state index contributed by atoms with van der Waals surface area (Å²) in [6, 6.07) is 87.8. The molecule has 0 unspecified atom stereocenters. The largest absolute Gasteiger partial charge is 0.489 e. The fourth-order valence-corrected chi connectivity index (χ4v) is 9.23. The van der Waals surface area contributed by atoms with Crippen LogP contribution in [0.25, 0.3) is 33.0 Å². The van der Waals surface area contributed by atoms with Crippen molar-refractivity contribution in [2.24, 2.45) is 0 Å². The van der Waals surface area contributed by atoms with Crippen molar-refractivity contribution < 1.29 is 33.2 Å². The van der Waals surface area contributed by atoms with E-state index in [-0.39, 0.29) is 19.8 Å². The lowest BCUT2D eigenvalue weighted by Crippen LogP contribution is -2.03. The maximum Gasteiger partial charge on any atom is 0.131 e. The minimum absolute atomic E-state index is 0.225. The Balaban J connectivity index is 0.851. The van der Waals surface area contributed by atoms with Gasteiger partial charge in [-0.05, 0) is 134 Å². The van der Waals surface area contributed by atoms with Crippen LogP contribution in [-0.2, 0) is 39.6 Å². The average Bonchev–Trinajstić information content (AvgIpc) is 3.49. The molecule has 0 amide bonds. The highest BCUT2D eigenvalue weighted by molar-refractivity contribution is 6.05. The predicted octanol–water partition coefficient (Wildman–Crippen LogP) is 17.7. The Bertz CT molecular complexity index is 3640. The zero-order valence-corrected chi connectivity index (χ0v) is 43.4. The molecular weight excluding hydrogens is 965 g/mol. The van der Waals surface area contributed by atoms with E-state index >= 15 is 0 Å². The Morgan fingerprint density at radius 3 is 0.936 bits per heavy atom. The molecule has 0 heterocycles. The van der Waals surface area contributed by atoms with Crippen LogP contribution in [-0.4, -0.2) is 0 Å². The molecule has 0 saturated carbocycles. The Kier molecular flexibility index (Phi) is 16.0. The lowest BCUT2D eigenvalue weighted by molar-refractivity contribution is 0.275. The van der Waals surface area contributed by atoms with Crippen LogP contribution in [0.1, 0.15) is 38.9 Å². The summed E-state index contributed by atoms with van der Waals surface area (Å²) in [5.41, 5.74) is 11.7. The maximum atomic E-state index is 6.65. The van der Waals surface area contributed by atoms with Crippen LogP contribution in [0.5, 0.6) is 46.0 Å². The third-order valence-electron chi connectivity index (χ3n) is 13.2. The SMILES string of the molecule is Cc1ccc(-c2ccc(-c3ccc(OCc4cc(OCc5cc(OCc6ccccc6)cc(OCc6ccccc6)c5)cc(OCc5cc(OCc6ccccc6)cc(Oc6ccccc6)c5)c4)cc3)c3ccccc23)cc1. The van der Waals surface area contributed by atoms with E-state index in [0.29, 0.717) is 54.3 Å². The van der Waals surface area contributed by atoms with Crippen LogP contribution in [0.2, 0.25) is 0 Å². The van der Waals surface area contributed by atoms with Crippen LogP contribution >= 0.6 is 0 Å². The first-order valence-electron chi connectivity index (χ1n) is 26.2. The van der Waals surface area contributed by atoms with Gasteiger partial charge in [-0.1, -0.05) is 188 Å². The first-order chi connectivity index (χ1) is 38.5. The lowest BCUT2D eigenvalue weighted by atomic mass is 9.92. The van der Waals surface area contributed by atoms with Gasteiger partial charge in [0.15, 0.2) is 0 Å². The normalized spacial score (nSPS) is 10.9. The molecule has 0 saturated heterocycles. The van der Waals surface area contributed by atoms with E-state index in [0.717, 1.165) is 56.0 Å². The van der Waals surface area contributed by atoms with Crippen molar-refractivity contribution in [1.82, 2.24) is 0 Å². The molecule has 0 radical (unpaired) electrons. The summed E-state index contributed by atoms with van der Waals surface area (Å²) in [6.07, 6.45) is 0. The van der Waals surface area contributed by atoms with Gasteiger partial charge in [-0.2, -0.15) is 0 Å². The van der Waals surface area contributed by atoms with Gasteiger partial charge < -0.3 is 33.2 Å². The molecule has 0 fully saturated rings. The highest BCUT2D eigenvalue weighted by Gasteiger charge is 2.14. The third kappa shape index (κ3) is 13.6. The average molecular weight is 1020 g/mol. The number of para-hydroxylation sites is 1. The van der Waals surface area contributed by atoms with Gasteiger partial charge in [0.05, 0.1) is 0 Å². The van der Waals surface area contributed by atoms with E-state index in [1.807, 2.05) is 188 Å². The van der Waals surface area contributed by atoms with Gasteiger partial charge in [-0.3, -0.25) is 0 Å². The van der Waals surface area contributed by atoms with Crippen molar-refractivity contribution in [3.8, 4) is 68.2 Å². The second-order valence-electron chi connectivity index (χ2n) is 19.1. The van der Waals surface area contributed by atoms with Gasteiger partial charge in [0.25, 0.3) is 0 Å². The molecule has 7 nitrogen and oxygen atoms in total. The lowest BCUT2D eigenvalue weighted by Gasteiger charge is -2.16. The Morgan fingerprint density at radius 1 is 0.231 bits per heavy atom. The first kappa shape index (κ1) is 50.4. The Labute approximate surface area is 456 Å². The van der Waals surface area contributed by atoms with Gasteiger partial charge in [-0.25, -0.2) is 0 Å². The molecule has 7 heteroatoms. The zero-order chi connectivity index (χ0) is 52.7. The molecule has 11 aromatic rings. The highest BCUT2D eigenvalue weighted by Crippen LogP contribution is 2.37. The van der Waals surface area contributed by atoms with Crippen molar-refractivity contribution in [2.75, 3.05) is 0 Å². The molecule has 0 N–H and O–H groups in total. The van der Waals surface area contributed by atoms with Gasteiger partial charge in [-0.15, -0.1) is 0 Å². The van der Waals surface area contributed by atoms with Gasteiger partial charge >= 0.3 is 0 Å². The fraction of sp³-hybridized carbons (Fsp3) is 0.0986. The van der Waals surface area contributed by atoms with E-state index in [2.05, 4.69) is 79.7 Å². The molecule has 11 aromatic carbocycles. The zero-order valence-electron chi connectivity index (χ0n) is 43.4. The number of rotatable bonds is 22. The summed E-state index contributed by atoms with van der Waals surface area (Å²) in [6.45, 7) is 4.07. The summed E-state index contributed by atoms with van der Waals surface area (Å²) >= 11 is 0. The number of aryl methyl sites for hydroxylation is 1. The summed E-state index contributed by atoms with van der Waals surface area (Å²) in [5, 5.41) is 2.41. The number of hydrogen-bond acceptors (Lipinski definition) is 7. The summed E-state index contributed by atoms with van der Waals surface area (Å²) < 4.78 is 45.1. The van der Waals surface area contributed by atoms with Crippen molar-refractivity contribution in [2.45, 2.75) is 46.6 Å². The van der Waals surface area contributed by atoms with Gasteiger partial charge in [0.2, 0.25) is 0 Å². The monoisotopic (exact) mass is 1020 g/mol. The van der Waals surface area contributed by atoms with E-state index < -0.39 is 0 Å². The van der Waals surface area contributed by atoms with Crippen LogP contribution in [0.4, 0.5) is 0 Å². The molecule has 78 heavy (non-hydrogen) atoms. The molecule has 11 rings (SSSR count). The molecular formula is C71H58O7. The molecule has 0 aliphatic heterocycles. The van der Waals surface area contributed by atoms with Crippen LogP contribution < -0.4 is 33.2 Å². The number of fused-ring (bicyclic) bond motifs is 1. The molecule has 384 valence electrons. The number of ether oxygens (including phenoxy) is 7. The predicted molar refractivity (Wildman–Crippen MR) is 311 cm³/mol. The second kappa shape index (κ2) is 24.7. The van der Waals surface area contributed by atoms with Crippen molar-refractivity contribution >= 4 is 10.8 Å². The van der Waals surface area contributed by atoms with Crippen LogP contribution in [0, 0.1) is 6.92 Å². The summed E-state index contributed by atoms with van der Waals surface area (Å²) in [7, 11) is 0. The first-order valence-corrected chi connectivity index (χ1v) is 26.2. The molecule has 0 aromatic heterocycles. The molecule has 0 aliphatic rings. The quantitative estimate of drug-likeness (QED) is 0.0670. The molecule has 0 bridgehead atoms. The second-order valence-corrected chi connectivity index (χ2v) is 19.1. The minimum atomic E-state index is 0.225. The maximum absolute atomic E-state index is 6.65. The Hall–Kier alpha value is -9.72. The number of hydrogen-bond donors (Lipinski definition) is 0. The van der Waals surface area contributed by atoms with Crippen molar-refractivity contribution in [1.29, 1.82) is 0 Å². The summed E-state index contributed by atoms with van der Waals surface area (Å²) in [4.78, 5) is 0. The summed E-state index contributed by atoms with van der Waals surface area (Å²) in [5.74, 6) is 5.33. The van der Waals surface area contributed by atoms with E-state index in [1.165, 1.54) is 27.5 Å². The van der Waals surface area contributed by atoms with Crippen molar-refractivity contribution in [3.63, 3.8) is 0 Å². The van der Waals surface area contributed by atoms with E-state index in [9.17, 15) is 0 Å². The smallest absolute Gasteiger partial charge is 0.131 e. The Morgan fingerprint density at radius 2 is 0.538 bits per heavy atom. The van der Waals surface area contributed by atoms with E-state index in [1.54, 1.807) is 0 Å². The highest BCUT2D eigenvalue weighted by atomic mass is 16.5. The molecule has 0 atom stereocenters. The molecule has 0 spiro atoms. The van der Waals surface area contributed by atoms with Crippen LogP contribution in [0.15, 0.2) is 261 Å². The minimum Gasteiger partial charge on any atom is -0.489 e. The van der Waals surface area contributed by atoms with Gasteiger partial charge in [0, 0.05) is 18.2 Å². The number of benzene rings is 11. The third-order valence-corrected chi connectivity index (χ3v) is 13.2. The topological polar surface area (TPSA) is 64.6 Å². The fourth-order valence-electron chi connectivity index (χ4n) is 9.23. The molecule has 0 aliphatic carbocycles. The van der Waals surface area contributed by atoms with Crippen LogP contribution in [0.3, 0.4) is 0 Å². The van der Waals surface area contributed by atoms with Crippen molar-refractivity contribution in [3.05, 3.63) is 300 Å². The van der Waals surface area contributed by atoms with E-state index in [4.69, 9.17) is 33.2 Å². The van der Waals surface area contributed by atoms with Gasteiger partial charge in [0.1, 0.15) is 85.6 Å². The standard InChI is InChI=1S/C71H58O7/c1-51-26-28-58(29-27-51)68-34-35-69(71-25-15-14-24-70(68)71)59-30-32-60(33-31-59)72-48-55-36-64(76-49-56-38-62(73-45-52-16-6-2-7-17-52)42-63(39-56)74-46-53-18-8-3-9-19-53)43-65(37-55)77-50-57-40-66(75-47-54-20-10-4-11-21-54)44-67(41-57)78-61-22-12-5-13-23-61/h2-44H,45-50H2,1H3.